The molecular weight excluding hydrogens is 349 g/mol. The third kappa shape index (κ3) is 2.91. The molecule has 0 amide bonds. The standard InChI is InChI=1S/C19H20FN5O2/c1-11-9-13-16(19(27)25(11)17-14(20)3-2-4-15(17)26)22-10-23-18(13)24-7-5-12(21)6-8-24/h2-4,9-10,12,26H,5-8,21H2,1H3. The van der Waals surface area contributed by atoms with Gasteiger partial charge in [0.15, 0.2) is 5.82 Å². The number of anilines is 1. The maximum Gasteiger partial charge on any atom is 0.282 e. The van der Waals surface area contributed by atoms with E-state index < -0.39 is 11.4 Å². The Bertz CT molecular complexity index is 1050. The van der Waals surface area contributed by atoms with Crippen LogP contribution in [0.15, 0.2) is 35.4 Å². The minimum atomic E-state index is -0.682. The number of fused-ring (bicyclic) bond motifs is 1. The molecule has 1 saturated heterocycles. The highest BCUT2D eigenvalue weighted by molar-refractivity contribution is 5.89. The summed E-state index contributed by atoms with van der Waals surface area (Å²) in [5.74, 6) is -0.310. The quantitative estimate of drug-likeness (QED) is 0.716. The number of hydrogen-bond donors (Lipinski definition) is 2. The van der Waals surface area contributed by atoms with Crippen molar-refractivity contribution in [3.05, 3.63) is 52.5 Å². The van der Waals surface area contributed by atoms with Crippen LogP contribution in [0, 0.1) is 12.7 Å². The van der Waals surface area contributed by atoms with E-state index in [1.165, 1.54) is 24.5 Å². The summed E-state index contributed by atoms with van der Waals surface area (Å²) in [5.41, 5.74) is 5.97. The molecule has 0 atom stereocenters. The fourth-order valence-electron chi connectivity index (χ4n) is 3.60. The van der Waals surface area contributed by atoms with E-state index in [0.29, 0.717) is 16.9 Å². The van der Waals surface area contributed by atoms with E-state index in [-0.39, 0.29) is 23.0 Å². The van der Waals surface area contributed by atoms with Crippen molar-refractivity contribution in [2.45, 2.75) is 25.8 Å². The Labute approximate surface area is 154 Å². The predicted octanol–water partition coefficient (Wildman–Crippen LogP) is 1.86. The first-order chi connectivity index (χ1) is 13.0. The van der Waals surface area contributed by atoms with E-state index in [2.05, 4.69) is 14.9 Å². The highest BCUT2D eigenvalue weighted by atomic mass is 19.1. The SMILES string of the molecule is Cc1cc2c(N3CCC(N)CC3)ncnc2c(=O)n1-c1c(O)cccc1F. The Morgan fingerprint density at radius 2 is 2.00 bits per heavy atom. The average molecular weight is 369 g/mol. The number of para-hydroxylation sites is 1. The number of aromatic hydroxyl groups is 1. The normalized spacial score (nSPS) is 15.4. The third-order valence-electron chi connectivity index (χ3n) is 5.00. The lowest BCUT2D eigenvalue weighted by Crippen LogP contribution is -2.40. The lowest BCUT2D eigenvalue weighted by Gasteiger charge is -2.31. The Morgan fingerprint density at radius 3 is 2.70 bits per heavy atom. The lowest BCUT2D eigenvalue weighted by molar-refractivity contribution is 0.463. The van der Waals surface area contributed by atoms with Gasteiger partial charge in [-0.05, 0) is 38.0 Å². The van der Waals surface area contributed by atoms with Gasteiger partial charge in [0.1, 0.15) is 29.1 Å². The highest BCUT2D eigenvalue weighted by Gasteiger charge is 2.22. The molecule has 4 rings (SSSR count). The molecule has 7 nitrogen and oxygen atoms in total. The number of piperidine rings is 1. The van der Waals surface area contributed by atoms with Crippen molar-refractivity contribution in [2.24, 2.45) is 5.73 Å². The van der Waals surface area contributed by atoms with Crippen LogP contribution in [0.3, 0.4) is 0 Å². The number of benzene rings is 1. The fraction of sp³-hybridized carbons (Fsp3) is 0.316. The second-order valence-corrected chi connectivity index (χ2v) is 6.82. The molecule has 0 bridgehead atoms. The van der Waals surface area contributed by atoms with Crippen molar-refractivity contribution in [3.63, 3.8) is 0 Å². The topological polar surface area (TPSA) is 97.3 Å². The van der Waals surface area contributed by atoms with Crippen molar-refractivity contribution in [1.29, 1.82) is 0 Å². The molecule has 3 aromatic rings. The van der Waals surface area contributed by atoms with Crippen LogP contribution in [-0.4, -0.2) is 38.8 Å². The second kappa shape index (κ2) is 6.62. The summed E-state index contributed by atoms with van der Waals surface area (Å²) in [5, 5.41) is 10.7. The number of aryl methyl sites for hydroxylation is 1. The van der Waals surface area contributed by atoms with Crippen LogP contribution < -0.4 is 16.2 Å². The van der Waals surface area contributed by atoms with Gasteiger partial charge in [-0.2, -0.15) is 0 Å². The van der Waals surface area contributed by atoms with E-state index in [1.54, 1.807) is 13.0 Å². The maximum absolute atomic E-state index is 14.3. The van der Waals surface area contributed by atoms with Crippen LogP contribution in [-0.2, 0) is 0 Å². The molecule has 27 heavy (non-hydrogen) atoms. The Hall–Kier alpha value is -3.00. The van der Waals surface area contributed by atoms with Gasteiger partial charge in [-0.25, -0.2) is 14.4 Å². The van der Waals surface area contributed by atoms with Gasteiger partial charge < -0.3 is 15.7 Å². The Morgan fingerprint density at radius 1 is 1.26 bits per heavy atom. The highest BCUT2D eigenvalue weighted by Crippen LogP contribution is 2.28. The molecule has 1 fully saturated rings. The van der Waals surface area contributed by atoms with Gasteiger partial charge in [0.2, 0.25) is 0 Å². The first kappa shape index (κ1) is 17.4. The molecule has 1 aliphatic heterocycles. The molecule has 1 aliphatic rings. The largest absolute Gasteiger partial charge is 0.506 e. The summed E-state index contributed by atoms with van der Waals surface area (Å²) in [6, 6.07) is 5.87. The molecule has 8 heteroatoms. The first-order valence-corrected chi connectivity index (χ1v) is 8.83. The number of halogens is 1. The van der Waals surface area contributed by atoms with E-state index in [0.717, 1.165) is 30.5 Å². The van der Waals surface area contributed by atoms with Gasteiger partial charge in [-0.15, -0.1) is 0 Å². The Kier molecular flexibility index (Phi) is 4.27. The summed E-state index contributed by atoms with van der Waals surface area (Å²) in [4.78, 5) is 23.7. The number of hydrogen-bond acceptors (Lipinski definition) is 6. The zero-order chi connectivity index (χ0) is 19.1. The number of nitrogens with two attached hydrogens (primary N) is 1. The van der Waals surface area contributed by atoms with Gasteiger partial charge >= 0.3 is 0 Å². The lowest BCUT2D eigenvalue weighted by atomic mass is 10.1. The summed E-state index contributed by atoms with van der Waals surface area (Å²) >= 11 is 0. The van der Waals surface area contributed by atoms with Crippen LogP contribution in [0.4, 0.5) is 10.2 Å². The van der Waals surface area contributed by atoms with Gasteiger partial charge in [-0.1, -0.05) is 6.07 Å². The van der Waals surface area contributed by atoms with Crippen molar-refractivity contribution >= 4 is 16.7 Å². The monoisotopic (exact) mass is 369 g/mol. The number of nitrogens with zero attached hydrogens (tertiary/aromatic N) is 4. The summed E-state index contributed by atoms with van der Waals surface area (Å²) < 4.78 is 15.5. The number of aromatic nitrogens is 3. The van der Waals surface area contributed by atoms with Crippen LogP contribution in [0.2, 0.25) is 0 Å². The molecule has 0 unspecified atom stereocenters. The van der Waals surface area contributed by atoms with E-state index in [4.69, 9.17) is 5.73 Å². The summed E-state index contributed by atoms with van der Waals surface area (Å²) in [6.45, 7) is 3.20. The van der Waals surface area contributed by atoms with Gasteiger partial charge in [0.25, 0.3) is 5.56 Å². The summed E-state index contributed by atoms with van der Waals surface area (Å²) in [7, 11) is 0. The molecule has 3 N–H and O–H groups in total. The number of phenolic OH excluding ortho intramolecular Hbond substituents is 1. The molecule has 2 aromatic heterocycles. The third-order valence-corrected chi connectivity index (χ3v) is 5.00. The number of rotatable bonds is 2. The molecular formula is C19H20FN5O2. The van der Waals surface area contributed by atoms with Gasteiger partial charge in [-0.3, -0.25) is 9.36 Å². The van der Waals surface area contributed by atoms with Crippen molar-refractivity contribution < 1.29 is 9.50 Å². The number of pyridine rings is 1. The van der Waals surface area contributed by atoms with Crippen LogP contribution >= 0.6 is 0 Å². The molecule has 0 radical (unpaired) electrons. The molecule has 1 aromatic carbocycles. The van der Waals surface area contributed by atoms with Crippen molar-refractivity contribution in [2.75, 3.05) is 18.0 Å². The van der Waals surface area contributed by atoms with Crippen molar-refractivity contribution in [3.8, 4) is 11.4 Å². The molecule has 0 aliphatic carbocycles. The van der Waals surface area contributed by atoms with Gasteiger partial charge in [0.05, 0.1) is 5.39 Å². The minimum absolute atomic E-state index is 0.175. The second-order valence-electron chi connectivity index (χ2n) is 6.82. The van der Waals surface area contributed by atoms with E-state index >= 15 is 0 Å². The van der Waals surface area contributed by atoms with Crippen LogP contribution in [0.5, 0.6) is 5.75 Å². The number of phenols is 1. The minimum Gasteiger partial charge on any atom is -0.506 e. The van der Waals surface area contributed by atoms with Crippen molar-refractivity contribution in [1.82, 2.24) is 14.5 Å². The van der Waals surface area contributed by atoms with Gasteiger partial charge in [0, 0.05) is 24.8 Å². The molecule has 3 heterocycles. The fourth-order valence-corrected chi connectivity index (χ4v) is 3.60. The summed E-state index contributed by atoms with van der Waals surface area (Å²) in [6.07, 6.45) is 3.05. The zero-order valence-corrected chi connectivity index (χ0v) is 14.9. The molecule has 0 saturated carbocycles. The molecule has 0 spiro atoms. The zero-order valence-electron chi connectivity index (χ0n) is 14.9. The molecule has 140 valence electrons. The van der Waals surface area contributed by atoms with E-state index in [9.17, 15) is 14.3 Å². The van der Waals surface area contributed by atoms with E-state index in [1.807, 2.05) is 0 Å². The van der Waals surface area contributed by atoms with Crippen LogP contribution in [0.1, 0.15) is 18.5 Å². The van der Waals surface area contributed by atoms with Crippen LogP contribution in [0.25, 0.3) is 16.6 Å². The maximum atomic E-state index is 14.3. The smallest absolute Gasteiger partial charge is 0.282 e. The Balaban J connectivity index is 1.93. The predicted molar refractivity (Wildman–Crippen MR) is 101 cm³/mol. The first-order valence-electron chi connectivity index (χ1n) is 8.83. The average Bonchev–Trinajstić information content (AvgIpc) is 2.64.